The van der Waals surface area contributed by atoms with Crippen LogP contribution in [0.1, 0.15) is 39.5 Å². The summed E-state index contributed by atoms with van der Waals surface area (Å²) < 4.78 is 6.12. The number of thiazole rings is 1. The summed E-state index contributed by atoms with van der Waals surface area (Å²) in [4.78, 5) is 50.4. The van der Waals surface area contributed by atoms with Crippen LogP contribution in [0.15, 0.2) is 36.8 Å². The molecule has 1 fully saturated rings. The fraction of sp³-hybridized carbons (Fsp3) is 0.393. The number of urea groups is 1. The smallest absolute Gasteiger partial charge is 0.321 e. The van der Waals surface area contributed by atoms with Crippen molar-refractivity contribution >= 4 is 44.6 Å². The van der Waals surface area contributed by atoms with Gasteiger partial charge in [-0.05, 0) is 43.9 Å². The van der Waals surface area contributed by atoms with Gasteiger partial charge in [0.1, 0.15) is 0 Å². The number of anilines is 2. The second-order valence-corrected chi connectivity index (χ2v) is 10.9. The molecule has 4 heterocycles. The number of hydrogen-bond donors (Lipinski definition) is 2. The first kappa shape index (κ1) is 28.1. The summed E-state index contributed by atoms with van der Waals surface area (Å²) in [6, 6.07) is 4.96. The first-order chi connectivity index (χ1) is 19.8. The largest absolute Gasteiger partial charge is 0.481 e. The van der Waals surface area contributed by atoms with E-state index in [0.717, 1.165) is 27.8 Å². The standard InChI is InChI=1S/C28H32N8O4S/c1-4-7-28(24(37)38)8-11-35(12-9-28)26-31-15-18(16-32-26)17-13-19(23-30-10-6-21(34-23)40-3)22-20(14-17)33-27(41-22)36(5-2)25(29)39/h6,10,13-16H,4-5,7-9,11-12H2,1-3H3,(H2,29,39)(H,37,38). The highest BCUT2D eigenvalue weighted by molar-refractivity contribution is 7.23. The van der Waals surface area contributed by atoms with E-state index in [1.165, 1.54) is 16.2 Å². The third kappa shape index (κ3) is 5.49. The number of primary amides is 1. The maximum atomic E-state index is 12.0. The van der Waals surface area contributed by atoms with Crippen molar-refractivity contribution in [2.24, 2.45) is 11.1 Å². The number of carboxylic acids is 1. The first-order valence-corrected chi connectivity index (χ1v) is 14.3. The molecule has 0 radical (unpaired) electrons. The fourth-order valence-electron chi connectivity index (χ4n) is 5.26. The summed E-state index contributed by atoms with van der Waals surface area (Å²) >= 11 is 1.34. The van der Waals surface area contributed by atoms with Crippen molar-refractivity contribution in [2.75, 3.05) is 36.5 Å². The summed E-state index contributed by atoms with van der Waals surface area (Å²) in [6.45, 7) is 5.41. The summed E-state index contributed by atoms with van der Waals surface area (Å²) in [5.74, 6) is 0.723. The maximum absolute atomic E-state index is 12.0. The van der Waals surface area contributed by atoms with E-state index < -0.39 is 17.4 Å². The molecule has 214 valence electrons. The van der Waals surface area contributed by atoms with E-state index in [1.807, 2.05) is 30.9 Å². The van der Waals surface area contributed by atoms with Crippen molar-refractivity contribution in [1.29, 1.82) is 0 Å². The minimum absolute atomic E-state index is 0.380. The first-order valence-electron chi connectivity index (χ1n) is 13.5. The quantitative estimate of drug-likeness (QED) is 0.288. The lowest BCUT2D eigenvalue weighted by Gasteiger charge is -2.38. The number of benzene rings is 1. The number of carbonyl (C=O) groups excluding carboxylic acids is 1. The zero-order valence-electron chi connectivity index (χ0n) is 23.2. The highest BCUT2D eigenvalue weighted by Gasteiger charge is 2.41. The van der Waals surface area contributed by atoms with Gasteiger partial charge in [-0.15, -0.1) is 0 Å². The Morgan fingerprint density at radius 2 is 1.85 bits per heavy atom. The number of methoxy groups -OCH3 is 1. The van der Waals surface area contributed by atoms with Crippen LogP contribution in [0.5, 0.6) is 5.88 Å². The van der Waals surface area contributed by atoms with Crippen LogP contribution in [0, 0.1) is 5.41 Å². The van der Waals surface area contributed by atoms with Gasteiger partial charge < -0.3 is 20.5 Å². The number of aromatic nitrogens is 5. The van der Waals surface area contributed by atoms with E-state index in [9.17, 15) is 14.7 Å². The molecule has 5 rings (SSSR count). The average molecular weight is 577 g/mol. The molecule has 2 amide bonds. The molecule has 1 saturated heterocycles. The molecule has 4 aromatic rings. The third-order valence-electron chi connectivity index (χ3n) is 7.53. The minimum atomic E-state index is -0.718. The van der Waals surface area contributed by atoms with Crippen molar-refractivity contribution in [1.82, 2.24) is 24.9 Å². The van der Waals surface area contributed by atoms with Crippen LogP contribution in [0.2, 0.25) is 0 Å². The van der Waals surface area contributed by atoms with Crippen molar-refractivity contribution in [3.8, 4) is 28.4 Å². The molecule has 0 bridgehead atoms. The molecule has 1 aromatic carbocycles. The number of ether oxygens (including phenoxy) is 1. The second kappa shape index (κ2) is 11.6. The number of aliphatic carboxylic acids is 1. The summed E-state index contributed by atoms with van der Waals surface area (Å²) in [5, 5.41) is 10.3. The van der Waals surface area contributed by atoms with Crippen molar-refractivity contribution in [2.45, 2.75) is 39.5 Å². The molecule has 0 saturated carbocycles. The number of carboxylic acid groups (broad SMARTS) is 1. The zero-order chi connectivity index (χ0) is 29.1. The summed E-state index contributed by atoms with van der Waals surface area (Å²) in [6.07, 6.45) is 7.76. The summed E-state index contributed by atoms with van der Waals surface area (Å²) in [7, 11) is 1.54. The molecular formula is C28H32N8O4S. The van der Waals surface area contributed by atoms with Crippen LogP contribution < -0.4 is 20.3 Å². The van der Waals surface area contributed by atoms with Gasteiger partial charge in [-0.3, -0.25) is 9.69 Å². The molecule has 0 unspecified atom stereocenters. The minimum Gasteiger partial charge on any atom is -0.481 e. The molecule has 1 aliphatic heterocycles. The van der Waals surface area contributed by atoms with E-state index in [2.05, 4.69) is 19.9 Å². The Kier molecular flexibility index (Phi) is 7.97. The molecule has 0 spiro atoms. The van der Waals surface area contributed by atoms with E-state index in [0.29, 0.717) is 67.2 Å². The van der Waals surface area contributed by atoms with Crippen LogP contribution in [0.25, 0.3) is 32.7 Å². The Labute approximate surface area is 241 Å². The predicted octanol–water partition coefficient (Wildman–Crippen LogP) is 4.60. The van der Waals surface area contributed by atoms with Gasteiger partial charge >= 0.3 is 12.0 Å². The highest BCUT2D eigenvalue weighted by Crippen LogP contribution is 2.40. The van der Waals surface area contributed by atoms with Crippen molar-refractivity contribution in [3.05, 3.63) is 36.8 Å². The third-order valence-corrected chi connectivity index (χ3v) is 8.66. The molecule has 3 N–H and O–H groups in total. The average Bonchev–Trinajstić information content (AvgIpc) is 3.41. The van der Waals surface area contributed by atoms with Gasteiger partial charge in [0.25, 0.3) is 0 Å². The second-order valence-electron chi connectivity index (χ2n) is 9.97. The van der Waals surface area contributed by atoms with Crippen LogP contribution in [0.4, 0.5) is 15.9 Å². The van der Waals surface area contributed by atoms with Crippen LogP contribution in [-0.2, 0) is 4.79 Å². The Bertz CT molecular complexity index is 1570. The maximum Gasteiger partial charge on any atom is 0.321 e. The van der Waals surface area contributed by atoms with Crippen molar-refractivity contribution in [3.63, 3.8) is 0 Å². The molecular weight excluding hydrogens is 544 g/mol. The van der Waals surface area contributed by atoms with E-state index in [4.69, 9.17) is 15.5 Å². The number of nitrogens with two attached hydrogens (primary N) is 1. The SMILES string of the molecule is CCCC1(C(=O)O)CCN(c2ncc(-c3cc(-c4nccc(OC)n4)c4sc(N(CC)C(N)=O)nc4c3)cn2)CC1. The predicted molar refractivity (Wildman–Crippen MR) is 157 cm³/mol. The van der Waals surface area contributed by atoms with Crippen LogP contribution in [0.3, 0.4) is 0 Å². The van der Waals surface area contributed by atoms with Crippen molar-refractivity contribution < 1.29 is 19.4 Å². The van der Waals surface area contributed by atoms with Gasteiger partial charge in [-0.1, -0.05) is 24.7 Å². The molecule has 13 heteroatoms. The zero-order valence-corrected chi connectivity index (χ0v) is 24.0. The van der Waals surface area contributed by atoms with Gasteiger partial charge in [0, 0.05) is 55.4 Å². The Morgan fingerprint density at radius 3 is 2.46 bits per heavy atom. The number of hydrogen-bond acceptors (Lipinski definition) is 10. The lowest BCUT2D eigenvalue weighted by molar-refractivity contribution is -0.150. The Hall–Kier alpha value is -4.39. The number of rotatable bonds is 9. The number of carbonyl (C=O) groups is 2. The molecule has 0 aliphatic carbocycles. The van der Waals surface area contributed by atoms with Crippen LogP contribution >= 0.6 is 11.3 Å². The number of piperidine rings is 1. The number of nitrogens with zero attached hydrogens (tertiary/aromatic N) is 7. The number of fused-ring (bicyclic) bond motifs is 1. The highest BCUT2D eigenvalue weighted by atomic mass is 32.1. The lowest BCUT2D eigenvalue weighted by Crippen LogP contribution is -2.45. The van der Waals surface area contributed by atoms with Gasteiger partial charge in [0.2, 0.25) is 11.8 Å². The van der Waals surface area contributed by atoms with E-state index >= 15 is 0 Å². The molecule has 41 heavy (non-hydrogen) atoms. The Balaban J connectivity index is 1.50. The molecule has 0 atom stereocenters. The molecule has 3 aromatic heterocycles. The summed E-state index contributed by atoms with van der Waals surface area (Å²) in [5.41, 5.74) is 7.87. The van der Waals surface area contributed by atoms with Gasteiger partial charge in [0.05, 0.1) is 22.7 Å². The lowest BCUT2D eigenvalue weighted by atomic mass is 9.75. The van der Waals surface area contributed by atoms with Gasteiger partial charge in [-0.25, -0.2) is 24.7 Å². The van der Waals surface area contributed by atoms with Crippen LogP contribution in [-0.4, -0.2) is 68.8 Å². The molecule has 1 aliphatic rings. The van der Waals surface area contributed by atoms with E-state index in [1.54, 1.807) is 31.8 Å². The topological polar surface area (TPSA) is 161 Å². The number of amides is 2. The molecule has 12 nitrogen and oxygen atoms in total. The van der Waals surface area contributed by atoms with E-state index in [-0.39, 0.29) is 0 Å². The monoisotopic (exact) mass is 576 g/mol. The Morgan fingerprint density at radius 1 is 1.12 bits per heavy atom. The van der Waals surface area contributed by atoms with Gasteiger partial charge in [-0.2, -0.15) is 4.98 Å². The fourth-order valence-corrected chi connectivity index (χ4v) is 6.38. The normalized spacial score (nSPS) is 14.7. The van der Waals surface area contributed by atoms with Gasteiger partial charge in [0.15, 0.2) is 11.0 Å².